The summed E-state index contributed by atoms with van der Waals surface area (Å²) in [5, 5.41) is 8.82. The molecule has 156 valence electrons. The van der Waals surface area contributed by atoms with Crippen LogP contribution in [0.15, 0.2) is 42.5 Å². The van der Waals surface area contributed by atoms with Gasteiger partial charge in [-0.15, -0.1) is 0 Å². The first kappa shape index (κ1) is 22.8. The van der Waals surface area contributed by atoms with Crippen LogP contribution >= 0.6 is 11.6 Å². The van der Waals surface area contributed by atoms with Gasteiger partial charge in [-0.3, -0.25) is 14.9 Å². The Morgan fingerprint density at radius 1 is 0.931 bits per heavy atom. The third kappa shape index (κ3) is 6.24. The molecule has 5 nitrogen and oxygen atoms in total. The Hall–Kier alpha value is -2.51. The maximum Gasteiger partial charge on any atom is 0.243 e. The molecule has 2 aromatic rings. The zero-order valence-corrected chi connectivity index (χ0v) is 17.1. The van der Waals surface area contributed by atoms with Crippen LogP contribution in [0.3, 0.4) is 0 Å². The molecule has 0 aliphatic heterocycles. The van der Waals surface area contributed by atoms with Crippen LogP contribution in [0.25, 0.3) is 0 Å². The lowest BCUT2D eigenvalue weighted by Crippen LogP contribution is -2.47. The van der Waals surface area contributed by atoms with Gasteiger partial charge < -0.3 is 10.6 Å². The summed E-state index contributed by atoms with van der Waals surface area (Å²) in [7, 11) is 0. The molecular weight excluding hydrogens is 400 g/mol. The smallest absolute Gasteiger partial charge is 0.243 e. The average Bonchev–Trinajstić information content (AvgIpc) is 2.71. The average molecular weight is 424 g/mol. The largest absolute Gasteiger partial charge is 0.346 e. The van der Waals surface area contributed by atoms with Crippen molar-refractivity contribution in [2.24, 2.45) is 0 Å². The van der Waals surface area contributed by atoms with Crippen molar-refractivity contribution >= 4 is 29.1 Å². The van der Waals surface area contributed by atoms with E-state index < -0.39 is 23.1 Å². The Morgan fingerprint density at radius 2 is 1.59 bits per heavy atom. The van der Waals surface area contributed by atoms with Crippen molar-refractivity contribution in [3.63, 3.8) is 0 Å². The van der Waals surface area contributed by atoms with Gasteiger partial charge in [0.25, 0.3) is 0 Å². The Morgan fingerprint density at radius 3 is 2.17 bits per heavy atom. The van der Waals surface area contributed by atoms with Crippen molar-refractivity contribution in [2.75, 3.05) is 18.4 Å². The Labute approximate surface area is 173 Å². The molecule has 0 fully saturated rings. The summed E-state index contributed by atoms with van der Waals surface area (Å²) in [5.41, 5.74) is 0.742. The summed E-state index contributed by atoms with van der Waals surface area (Å²) in [5.74, 6) is -2.96. The van der Waals surface area contributed by atoms with Crippen LogP contribution in [0.5, 0.6) is 0 Å². The van der Waals surface area contributed by atoms with Gasteiger partial charge in [-0.05, 0) is 42.7 Å². The third-order valence-electron chi connectivity index (χ3n) is 4.84. The van der Waals surface area contributed by atoms with E-state index in [1.807, 2.05) is 26.0 Å². The van der Waals surface area contributed by atoms with Gasteiger partial charge in [-0.2, -0.15) is 0 Å². The van der Waals surface area contributed by atoms with Crippen molar-refractivity contribution in [1.82, 2.24) is 10.6 Å². The van der Waals surface area contributed by atoms with Crippen molar-refractivity contribution in [1.29, 1.82) is 0 Å². The minimum atomic E-state index is -1.06. The van der Waals surface area contributed by atoms with Crippen LogP contribution < -0.4 is 16.0 Å². The highest BCUT2D eigenvalue weighted by molar-refractivity contribution is 6.30. The van der Waals surface area contributed by atoms with Gasteiger partial charge in [0.2, 0.25) is 11.8 Å². The first-order valence-corrected chi connectivity index (χ1v) is 9.70. The molecule has 2 amide bonds. The Kier molecular flexibility index (Phi) is 8.10. The van der Waals surface area contributed by atoms with E-state index >= 15 is 0 Å². The molecule has 0 aromatic heterocycles. The molecule has 29 heavy (non-hydrogen) atoms. The molecule has 3 N–H and O–H groups in total. The van der Waals surface area contributed by atoms with E-state index in [9.17, 15) is 18.4 Å². The zero-order valence-electron chi connectivity index (χ0n) is 16.3. The van der Waals surface area contributed by atoms with Gasteiger partial charge in [0.15, 0.2) is 11.6 Å². The normalized spacial score (nSPS) is 11.2. The van der Waals surface area contributed by atoms with E-state index in [-0.39, 0.29) is 24.7 Å². The number of rotatable bonds is 9. The lowest BCUT2D eigenvalue weighted by atomic mass is 9.84. The molecule has 0 saturated carbocycles. The minimum absolute atomic E-state index is 0.0166. The fourth-order valence-corrected chi connectivity index (χ4v) is 3.18. The molecule has 0 spiro atoms. The van der Waals surface area contributed by atoms with Crippen LogP contribution in [0.2, 0.25) is 5.02 Å². The SMILES string of the molecule is CCC(CC)(NCC(=O)NCC(=O)Nc1ccc(F)c(F)c1)c1ccc(Cl)cc1. The maximum atomic E-state index is 13.2. The highest BCUT2D eigenvalue weighted by Gasteiger charge is 2.28. The Bertz CT molecular complexity index is 856. The highest BCUT2D eigenvalue weighted by Crippen LogP contribution is 2.29. The van der Waals surface area contributed by atoms with Gasteiger partial charge in [0.05, 0.1) is 13.1 Å². The summed E-state index contributed by atoms with van der Waals surface area (Å²) >= 11 is 5.96. The summed E-state index contributed by atoms with van der Waals surface area (Å²) < 4.78 is 26.1. The van der Waals surface area contributed by atoms with Gasteiger partial charge in [-0.25, -0.2) is 8.78 Å². The minimum Gasteiger partial charge on any atom is -0.346 e. The number of hydrogen-bond acceptors (Lipinski definition) is 3. The summed E-state index contributed by atoms with van der Waals surface area (Å²) in [6, 6.07) is 10.5. The third-order valence-corrected chi connectivity index (χ3v) is 5.09. The number of benzene rings is 2. The second-order valence-electron chi connectivity index (χ2n) is 6.60. The van der Waals surface area contributed by atoms with Gasteiger partial charge >= 0.3 is 0 Å². The van der Waals surface area contributed by atoms with Crippen molar-refractivity contribution < 1.29 is 18.4 Å². The molecule has 0 bridgehead atoms. The zero-order chi connectivity index (χ0) is 21.4. The van der Waals surface area contributed by atoms with E-state index in [2.05, 4.69) is 16.0 Å². The van der Waals surface area contributed by atoms with E-state index in [0.29, 0.717) is 5.02 Å². The molecule has 0 saturated heterocycles. The number of nitrogens with one attached hydrogen (secondary N) is 3. The number of carbonyl (C=O) groups excluding carboxylic acids is 2. The topological polar surface area (TPSA) is 70.2 Å². The predicted molar refractivity (Wildman–Crippen MR) is 110 cm³/mol. The number of amides is 2. The number of hydrogen-bond donors (Lipinski definition) is 3. The maximum absolute atomic E-state index is 13.2. The second kappa shape index (κ2) is 10.3. The fourth-order valence-electron chi connectivity index (χ4n) is 3.05. The summed E-state index contributed by atoms with van der Waals surface area (Å²) in [6.45, 7) is 3.78. The van der Waals surface area contributed by atoms with E-state index in [1.54, 1.807) is 12.1 Å². The van der Waals surface area contributed by atoms with Crippen molar-refractivity contribution in [2.45, 2.75) is 32.2 Å². The number of carbonyl (C=O) groups is 2. The van der Waals surface area contributed by atoms with Gasteiger partial charge in [0, 0.05) is 22.3 Å². The van der Waals surface area contributed by atoms with E-state index in [1.165, 1.54) is 6.07 Å². The predicted octanol–water partition coefficient (Wildman–Crippen LogP) is 3.98. The van der Waals surface area contributed by atoms with Crippen LogP contribution in [0.1, 0.15) is 32.3 Å². The monoisotopic (exact) mass is 423 g/mol. The lowest BCUT2D eigenvalue weighted by molar-refractivity contribution is -0.123. The summed E-state index contributed by atoms with van der Waals surface area (Å²) in [6.07, 6.45) is 1.52. The first-order valence-electron chi connectivity index (χ1n) is 9.32. The molecule has 8 heteroatoms. The first-order chi connectivity index (χ1) is 13.8. The van der Waals surface area contributed by atoms with Crippen LogP contribution in [-0.2, 0) is 15.1 Å². The molecule has 2 rings (SSSR count). The van der Waals surface area contributed by atoms with Crippen molar-refractivity contribution in [3.8, 4) is 0 Å². The van der Waals surface area contributed by atoms with E-state index in [4.69, 9.17) is 11.6 Å². The molecular formula is C21H24ClF2N3O2. The number of anilines is 1. The molecule has 0 heterocycles. The Balaban J connectivity index is 1.88. The lowest BCUT2D eigenvalue weighted by Gasteiger charge is -2.33. The molecule has 0 aliphatic carbocycles. The molecule has 0 aliphatic rings. The summed E-state index contributed by atoms with van der Waals surface area (Å²) in [4.78, 5) is 24.1. The molecule has 0 unspecified atom stereocenters. The van der Waals surface area contributed by atoms with Gasteiger partial charge in [0.1, 0.15) is 0 Å². The van der Waals surface area contributed by atoms with E-state index in [0.717, 1.165) is 30.5 Å². The molecule has 0 radical (unpaired) electrons. The van der Waals surface area contributed by atoms with Crippen LogP contribution in [-0.4, -0.2) is 24.9 Å². The fraction of sp³-hybridized carbons (Fsp3) is 0.333. The highest BCUT2D eigenvalue weighted by atomic mass is 35.5. The van der Waals surface area contributed by atoms with Crippen LogP contribution in [0, 0.1) is 11.6 Å². The van der Waals surface area contributed by atoms with Crippen molar-refractivity contribution in [3.05, 3.63) is 64.7 Å². The van der Waals surface area contributed by atoms with Gasteiger partial charge in [-0.1, -0.05) is 37.6 Å². The molecule has 0 atom stereocenters. The number of halogens is 3. The second-order valence-corrected chi connectivity index (χ2v) is 7.04. The standard InChI is InChI=1S/C21H24ClF2N3O2/c1-3-21(4-2,14-5-7-15(22)8-6-14)26-13-19(28)25-12-20(29)27-16-9-10-17(23)18(24)11-16/h5-11,26H,3-4,12-13H2,1-2H3,(H,25,28)(H,27,29). The van der Waals surface area contributed by atoms with Crippen LogP contribution in [0.4, 0.5) is 14.5 Å². The molecule has 2 aromatic carbocycles. The quantitative estimate of drug-likeness (QED) is 0.571.